The van der Waals surface area contributed by atoms with E-state index in [1.54, 1.807) is 26.0 Å². The standard InChI is InChI=1S/C12H14F2O2/c1-4-16-11(15)12(13,14)10-7-8(2)5-6-9(10)3/h5-7H,4H2,1-3H3. The fourth-order valence-electron chi connectivity index (χ4n) is 1.41. The molecule has 0 unspecified atom stereocenters. The van der Waals surface area contributed by atoms with Gasteiger partial charge in [-0.3, -0.25) is 0 Å². The Labute approximate surface area is 93.2 Å². The fraction of sp³-hybridized carbons (Fsp3) is 0.417. The molecule has 0 aliphatic heterocycles. The van der Waals surface area contributed by atoms with Crippen LogP contribution in [0.3, 0.4) is 0 Å². The molecule has 0 radical (unpaired) electrons. The van der Waals surface area contributed by atoms with E-state index in [0.29, 0.717) is 11.1 Å². The molecule has 0 saturated heterocycles. The second kappa shape index (κ2) is 4.60. The molecule has 0 N–H and O–H groups in total. The van der Waals surface area contributed by atoms with E-state index in [2.05, 4.69) is 4.74 Å². The summed E-state index contributed by atoms with van der Waals surface area (Å²) >= 11 is 0. The summed E-state index contributed by atoms with van der Waals surface area (Å²) in [5, 5.41) is 0. The van der Waals surface area contributed by atoms with Crippen LogP contribution in [0.1, 0.15) is 23.6 Å². The summed E-state index contributed by atoms with van der Waals surface area (Å²) in [4.78, 5) is 11.2. The van der Waals surface area contributed by atoms with Crippen LogP contribution in [-0.4, -0.2) is 12.6 Å². The number of carbonyl (C=O) groups is 1. The van der Waals surface area contributed by atoms with E-state index in [1.165, 1.54) is 13.0 Å². The zero-order valence-corrected chi connectivity index (χ0v) is 9.51. The molecule has 88 valence electrons. The molecule has 0 aliphatic carbocycles. The highest BCUT2D eigenvalue weighted by Gasteiger charge is 2.43. The van der Waals surface area contributed by atoms with Gasteiger partial charge >= 0.3 is 11.9 Å². The van der Waals surface area contributed by atoms with Gasteiger partial charge in [0.15, 0.2) is 0 Å². The summed E-state index contributed by atoms with van der Waals surface area (Å²) in [6.07, 6.45) is 0. The Hall–Kier alpha value is -1.45. The monoisotopic (exact) mass is 228 g/mol. The van der Waals surface area contributed by atoms with Crippen LogP contribution in [0.25, 0.3) is 0 Å². The van der Waals surface area contributed by atoms with Gasteiger partial charge in [0.25, 0.3) is 0 Å². The van der Waals surface area contributed by atoms with Crippen molar-refractivity contribution in [2.75, 3.05) is 6.61 Å². The predicted molar refractivity (Wildman–Crippen MR) is 56.4 cm³/mol. The molecule has 0 spiro atoms. The highest BCUT2D eigenvalue weighted by atomic mass is 19.3. The van der Waals surface area contributed by atoms with Crippen LogP contribution in [0.15, 0.2) is 18.2 Å². The summed E-state index contributed by atoms with van der Waals surface area (Å²) in [6, 6.07) is 4.60. The van der Waals surface area contributed by atoms with Crippen LogP contribution in [0.2, 0.25) is 0 Å². The van der Waals surface area contributed by atoms with Crippen molar-refractivity contribution < 1.29 is 18.3 Å². The molecule has 1 rings (SSSR count). The van der Waals surface area contributed by atoms with Gasteiger partial charge in [-0.25, -0.2) is 4.79 Å². The normalized spacial score (nSPS) is 11.3. The number of alkyl halides is 2. The van der Waals surface area contributed by atoms with Crippen molar-refractivity contribution in [2.45, 2.75) is 26.7 Å². The molecule has 2 nitrogen and oxygen atoms in total. The van der Waals surface area contributed by atoms with Crippen molar-refractivity contribution in [3.63, 3.8) is 0 Å². The van der Waals surface area contributed by atoms with E-state index in [9.17, 15) is 13.6 Å². The van der Waals surface area contributed by atoms with Crippen LogP contribution in [0.4, 0.5) is 8.78 Å². The lowest BCUT2D eigenvalue weighted by atomic mass is 10.00. The lowest BCUT2D eigenvalue weighted by molar-refractivity contribution is -0.173. The van der Waals surface area contributed by atoms with Crippen molar-refractivity contribution in [2.24, 2.45) is 0 Å². The van der Waals surface area contributed by atoms with Crippen molar-refractivity contribution in [1.82, 2.24) is 0 Å². The maximum atomic E-state index is 13.7. The van der Waals surface area contributed by atoms with Crippen LogP contribution < -0.4 is 0 Å². The molecule has 4 heteroatoms. The third-order valence-electron chi connectivity index (χ3n) is 2.26. The molecule has 0 aromatic heterocycles. The summed E-state index contributed by atoms with van der Waals surface area (Å²) in [5.74, 6) is -5.07. The second-order valence-corrected chi connectivity index (χ2v) is 3.61. The molecule has 1 aromatic carbocycles. The first-order valence-corrected chi connectivity index (χ1v) is 5.02. The average molecular weight is 228 g/mol. The third-order valence-corrected chi connectivity index (χ3v) is 2.26. The predicted octanol–water partition coefficient (Wildman–Crippen LogP) is 2.96. The van der Waals surface area contributed by atoms with Crippen LogP contribution in [-0.2, 0) is 15.5 Å². The number of ether oxygens (including phenoxy) is 1. The first-order valence-electron chi connectivity index (χ1n) is 5.02. The maximum Gasteiger partial charge on any atom is 0.381 e. The molecule has 0 atom stereocenters. The summed E-state index contributed by atoms with van der Waals surface area (Å²) in [7, 11) is 0. The number of halogens is 2. The largest absolute Gasteiger partial charge is 0.461 e. The first kappa shape index (κ1) is 12.6. The molecule has 0 bridgehead atoms. The highest BCUT2D eigenvalue weighted by Crippen LogP contribution is 2.32. The van der Waals surface area contributed by atoms with E-state index >= 15 is 0 Å². The van der Waals surface area contributed by atoms with Crippen molar-refractivity contribution in [3.05, 3.63) is 34.9 Å². The second-order valence-electron chi connectivity index (χ2n) is 3.61. The Kier molecular flexibility index (Phi) is 3.62. The number of carbonyl (C=O) groups excluding carboxylic acids is 1. The highest BCUT2D eigenvalue weighted by molar-refractivity contribution is 5.79. The van der Waals surface area contributed by atoms with E-state index in [-0.39, 0.29) is 12.2 Å². The van der Waals surface area contributed by atoms with Gasteiger partial charge in [0.1, 0.15) is 0 Å². The smallest absolute Gasteiger partial charge is 0.381 e. The molecule has 0 amide bonds. The molecule has 16 heavy (non-hydrogen) atoms. The molecule has 0 aliphatic rings. The Morgan fingerprint density at radius 2 is 2.00 bits per heavy atom. The maximum absolute atomic E-state index is 13.7. The van der Waals surface area contributed by atoms with Crippen LogP contribution >= 0.6 is 0 Å². The van der Waals surface area contributed by atoms with Crippen molar-refractivity contribution in [3.8, 4) is 0 Å². The number of aryl methyl sites for hydroxylation is 2. The number of hydrogen-bond donors (Lipinski definition) is 0. The number of benzene rings is 1. The Morgan fingerprint density at radius 3 is 2.56 bits per heavy atom. The van der Waals surface area contributed by atoms with Gasteiger partial charge in [0.05, 0.1) is 6.61 Å². The van der Waals surface area contributed by atoms with Crippen LogP contribution in [0, 0.1) is 13.8 Å². The number of rotatable bonds is 3. The minimum atomic E-state index is -3.58. The number of esters is 1. The van der Waals surface area contributed by atoms with E-state index in [1.807, 2.05) is 0 Å². The lowest BCUT2D eigenvalue weighted by Gasteiger charge is -2.17. The first-order chi connectivity index (χ1) is 7.39. The molecule has 1 aromatic rings. The molecule has 0 saturated carbocycles. The van der Waals surface area contributed by atoms with Gasteiger partial charge in [-0.15, -0.1) is 0 Å². The van der Waals surface area contributed by atoms with Gasteiger partial charge in [0.2, 0.25) is 0 Å². The summed E-state index contributed by atoms with van der Waals surface area (Å²) < 4.78 is 31.8. The van der Waals surface area contributed by atoms with Gasteiger partial charge in [-0.2, -0.15) is 8.78 Å². The zero-order valence-electron chi connectivity index (χ0n) is 9.51. The fourth-order valence-corrected chi connectivity index (χ4v) is 1.41. The topological polar surface area (TPSA) is 26.3 Å². The molecule has 0 heterocycles. The quantitative estimate of drug-likeness (QED) is 0.743. The van der Waals surface area contributed by atoms with Gasteiger partial charge in [-0.05, 0) is 32.4 Å². The lowest BCUT2D eigenvalue weighted by Crippen LogP contribution is -2.29. The molecular weight excluding hydrogens is 214 g/mol. The van der Waals surface area contributed by atoms with E-state index in [0.717, 1.165) is 0 Å². The van der Waals surface area contributed by atoms with Crippen LogP contribution in [0.5, 0.6) is 0 Å². The van der Waals surface area contributed by atoms with Gasteiger partial charge in [0, 0.05) is 5.56 Å². The Bertz CT molecular complexity index is 400. The van der Waals surface area contributed by atoms with Gasteiger partial charge < -0.3 is 4.74 Å². The van der Waals surface area contributed by atoms with E-state index < -0.39 is 11.9 Å². The molecular formula is C12H14F2O2. The zero-order chi connectivity index (χ0) is 12.3. The SMILES string of the molecule is CCOC(=O)C(F)(F)c1cc(C)ccc1C. The van der Waals surface area contributed by atoms with Gasteiger partial charge in [-0.1, -0.05) is 17.7 Å². The minimum Gasteiger partial charge on any atom is -0.461 e. The summed E-state index contributed by atoms with van der Waals surface area (Å²) in [5.41, 5.74) is 0.777. The number of hydrogen-bond acceptors (Lipinski definition) is 2. The van der Waals surface area contributed by atoms with E-state index in [4.69, 9.17) is 0 Å². The summed E-state index contributed by atoms with van der Waals surface area (Å²) in [6.45, 7) is 4.68. The Morgan fingerprint density at radius 1 is 1.38 bits per heavy atom. The van der Waals surface area contributed by atoms with Crippen molar-refractivity contribution >= 4 is 5.97 Å². The molecule has 0 fully saturated rings. The third kappa shape index (κ3) is 2.38. The van der Waals surface area contributed by atoms with Crippen molar-refractivity contribution in [1.29, 1.82) is 0 Å². The Balaban J connectivity index is 3.15. The minimum absolute atomic E-state index is 0.0563. The average Bonchev–Trinajstić information content (AvgIpc) is 2.22.